The minimum atomic E-state index is -4.72. The summed E-state index contributed by atoms with van der Waals surface area (Å²) in [4.78, 5) is 21.9. The second-order valence-corrected chi connectivity index (χ2v) is 6.23. The van der Waals surface area contributed by atoms with E-state index in [1.807, 2.05) is 0 Å². The van der Waals surface area contributed by atoms with Gasteiger partial charge in [0.05, 0.1) is 11.1 Å². The van der Waals surface area contributed by atoms with Crippen molar-refractivity contribution in [1.29, 1.82) is 0 Å². The number of amides is 1. The fourth-order valence-electron chi connectivity index (χ4n) is 1.77. The Balaban J connectivity index is 1.92. The highest BCUT2D eigenvalue weighted by atomic mass is 32.2. The quantitative estimate of drug-likeness (QED) is 0.320. The second kappa shape index (κ2) is 7.76. The number of nitro benzene ring substituents is 1. The van der Waals surface area contributed by atoms with Crippen molar-refractivity contribution < 1.29 is 31.8 Å². The van der Waals surface area contributed by atoms with Crippen LogP contribution in [-0.2, 0) is 14.9 Å². The third kappa shape index (κ3) is 5.12. The van der Waals surface area contributed by atoms with Crippen molar-refractivity contribution in [3.05, 3.63) is 51.8 Å². The van der Waals surface area contributed by atoms with Gasteiger partial charge in [-0.25, -0.2) is 13.8 Å². The molecular weight excluding hydrogens is 370 g/mol. The summed E-state index contributed by atoms with van der Waals surface area (Å²) in [6.45, 7) is 1.13. The van der Waals surface area contributed by atoms with Crippen LogP contribution in [0.5, 0.6) is 5.75 Å². The number of aryl methyl sites for hydroxylation is 1. The Hall–Kier alpha value is -3.25. The van der Waals surface area contributed by atoms with E-state index in [1.54, 1.807) is 13.0 Å². The van der Waals surface area contributed by atoms with Crippen molar-refractivity contribution in [2.75, 3.05) is 6.61 Å². The smallest absolute Gasteiger partial charge is 0.311 e. The molecule has 0 spiro atoms. The van der Waals surface area contributed by atoms with Gasteiger partial charge in [0.15, 0.2) is 22.5 Å². The number of nitrogens with zero attached hydrogens (tertiary/aromatic N) is 2. The van der Waals surface area contributed by atoms with E-state index >= 15 is 0 Å². The monoisotopic (exact) mass is 382 g/mol. The molecule has 1 amide bonds. The molecule has 0 radical (unpaired) electrons. The minimum absolute atomic E-state index is 0.0731. The van der Waals surface area contributed by atoms with E-state index in [4.69, 9.17) is 9.15 Å². The summed E-state index contributed by atoms with van der Waals surface area (Å²) >= 11 is 0. The molecule has 1 heterocycles. The minimum Gasteiger partial charge on any atom is -0.742 e. The molecule has 0 aliphatic heterocycles. The van der Waals surface area contributed by atoms with E-state index in [0.29, 0.717) is 5.56 Å². The Kier molecular flexibility index (Phi) is 5.69. The van der Waals surface area contributed by atoms with E-state index in [2.05, 4.69) is 10.5 Å². The Morgan fingerprint density at radius 3 is 2.73 bits per heavy atom. The van der Waals surface area contributed by atoms with Gasteiger partial charge in [-0.05, 0) is 30.7 Å². The maximum absolute atomic E-state index is 11.6. The SMILES string of the molecule is Cc1ccc(OCC(=O)NN=Cc2ccc(S(=O)(=O)[O-])o2)c([N+](=O)[O-])c1. The molecule has 0 aliphatic carbocycles. The number of nitro groups is 1. The van der Waals surface area contributed by atoms with Crippen molar-refractivity contribution in [3.8, 4) is 5.75 Å². The first-order valence-corrected chi connectivity index (χ1v) is 8.33. The van der Waals surface area contributed by atoms with Crippen LogP contribution in [0.4, 0.5) is 5.69 Å². The van der Waals surface area contributed by atoms with Crippen molar-refractivity contribution in [3.63, 3.8) is 0 Å². The van der Waals surface area contributed by atoms with Crippen LogP contribution in [0.25, 0.3) is 0 Å². The zero-order chi connectivity index (χ0) is 19.3. The molecule has 0 unspecified atom stereocenters. The van der Waals surface area contributed by atoms with E-state index in [9.17, 15) is 27.9 Å². The van der Waals surface area contributed by atoms with Gasteiger partial charge in [-0.15, -0.1) is 0 Å². The summed E-state index contributed by atoms with van der Waals surface area (Å²) < 4.78 is 41.9. The van der Waals surface area contributed by atoms with Crippen molar-refractivity contribution in [1.82, 2.24) is 5.43 Å². The maximum atomic E-state index is 11.6. The van der Waals surface area contributed by atoms with Gasteiger partial charge in [-0.2, -0.15) is 5.10 Å². The van der Waals surface area contributed by atoms with Crippen LogP contribution in [-0.4, -0.2) is 36.6 Å². The lowest BCUT2D eigenvalue weighted by Crippen LogP contribution is -2.24. The highest BCUT2D eigenvalue weighted by molar-refractivity contribution is 7.85. The summed E-state index contributed by atoms with van der Waals surface area (Å²) in [6.07, 6.45) is 0.973. The molecule has 138 valence electrons. The van der Waals surface area contributed by atoms with Gasteiger partial charge in [-0.3, -0.25) is 14.9 Å². The van der Waals surface area contributed by atoms with Crippen LogP contribution in [0.2, 0.25) is 0 Å². The van der Waals surface area contributed by atoms with E-state index in [-0.39, 0.29) is 17.2 Å². The summed E-state index contributed by atoms with van der Waals surface area (Å²) in [5, 5.41) is 13.7. The number of nitrogens with one attached hydrogen (secondary N) is 1. The second-order valence-electron chi connectivity index (χ2n) is 4.92. The van der Waals surface area contributed by atoms with Crippen molar-refractivity contribution in [2.45, 2.75) is 12.0 Å². The Morgan fingerprint density at radius 1 is 1.38 bits per heavy atom. The molecule has 0 bridgehead atoms. The molecular formula is C14H12N3O8S-. The zero-order valence-electron chi connectivity index (χ0n) is 13.2. The summed E-state index contributed by atoms with van der Waals surface area (Å²) in [7, 11) is -4.72. The zero-order valence-corrected chi connectivity index (χ0v) is 14.1. The Bertz CT molecular complexity index is 964. The van der Waals surface area contributed by atoms with Gasteiger partial charge >= 0.3 is 5.69 Å². The molecule has 1 aromatic heterocycles. The predicted octanol–water partition coefficient (Wildman–Crippen LogP) is 0.929. The third-order valence-corrected chi connectivity index (χ3v) is 3.61. The van der Waals surface area contributed by atoms with Gasteiger partial charge in [0, 0.05) is 6.07 Å². The lowest BCUT2D eigenvalue weighted by Gasteiger charge is -2.06. The Morgan fingerprint density at radius 2 is 2.12 bits per heavy atom. The fraction of sp³-hybridized carbons (Fsp3) is 0.143. The molecule has 0 saturated heterocycles. The Labute approximate surface area is 147 Å². The van der Waals surface area contributed by atoms with Crippen LogP contribution in [0, 0.1) is 17.0 Å². The molecule has 26 heavy (non-hydrogen) atoms. The predicted molar refractivity (Wildman–Crippen MR) is 85.7 cm³/mol. The first-order valence-electron chi connectivity index (χ1n) is 6.92. The lowest BCUT2D eigenvalue weighted by molar-refractivity contribution is -0.385. The van der Waals surface area contributed by atoms with Gasteiger partial charge in [0.2, 0.25) is 5.09 Å². The molecule has 2 rings (SSSR count). The van der Waals surface area contributed by atoms with Crippen LogP contribution in [0.3, 0.4) is 0 Å². The number of furan rings is 1. The number of hydrogen-bond donors (Lipinski definition) is 1. The van der Waals surface area contributed by atoms with Gasteiger partial charge in [-0.1, -0.05) is 6.07 Å². The standard InChI is InChI=1S/C14H13N3O8S/c1-9-2-4-12(11(6-9)17(19)20)24-8-13(18)16-15-7-10-3-5-14(25-10)26(21,22)23/h2-7H,8H2,1H3,(H,16,18)(H,21,22,23)/p-1. The van der Waals surface area contributed by atoms with Crippen LogP contribution < -0.4 is 10.2 Å². The van der Waals surface area contributed by atoms with Gasteiger partial charge in [0.25, 0.3) is 5.91 Å². The summed E-state index contributed by atoms with van der Waals surface area (Å²) in [5.41, 5.74) is 2.45. The normalized spacial score (nSPS) is 11.5. The van der Waals surface area contributed by atoms with Crippen LogP contribution in [0.1, 0.15) is 11.3 Å². The lowest BCUT2D eigenvalue weighted by atomic mass is 10.2. The average molecular weight is 382 g/mol. The molecule has 1 N–H and O–H groups in total. The van der Waals surface area contributed by atoms with Crippen molar-refractivity contribution >= 4 is 27.9 Å². The van der Waals surface area contributed by atoms with Gasteiger partial charge < -0.3 is 13.7 Å². The van der Waals surface area contributed by atoms with Crippen molar-refractivity contribution in [2.24, 2.45) is 5.10 Å². The third-order valence-electron chi connectivity index (χ3n) is 2.90. The van der Waals surface area contributed by atoms with Crippen LogP contribution >= 0.6 is 0 Å². The number of carbonyl (C=O) groups is 1. The number of hydrazone groups is 1. The number of rotatable bonds is 7. The highest BCUT2D eigenvalue weighted by Crippen LogP contribution is 2.27. The number of carbonyl (C=O) groups excluding carboxylic acids is 1. The molecule has 2 aromatic rings. The molecule has 0 saturated carbocycles. The number of benzene rings is 1. The first-order chi connectivity index (χ1) is 12.2. The topological polar surface area (TPSA) is 164 Å². The molecule has 0 aliphatic rings. The summed E-state index contributed by atoms with van der Waals surface area (Å²) in [6, 6.07) is 6.40. The average Bonchev–Trinajstić information content (AvgIpc) is 3.02. The molecule has 1 aromatic carbocycles. The number of ether oxygens (including phenoxy) is 1. The molecule has 0 fully saturated rings. The highest BCUT2D eigenvalue weighted by Gasteiger charge is 2.16. The molecule has 0 atom stereocenters. The van der Waals surface area contributed by atoms with Gasteiger partial charge in [0.1, 0.15) is 5.76 Å². The van der Waals surface area contributed by atoms with Crippen LogP contribution in [0.15, 0.2) is 44.9 Å². The fourth-order valence-corrected chi connectivity index (χ4v) is 2.21. The van der Waals surface area contributed by atoms with E-state index < -0.39 is 32.6 Å². The number of hydrogen-bond acceptors (Lipinski definition) is 9. The van der Waals surface area contributed by atoms with E-state index in [0.717, 1.165) is 12.3 Å². The molecule has 12 heteroatoms. The first kappa shape index (κ1) is 19.1. The largest absolute Gasteiger partial charge is 0.742 e. The van der Waals surface area contributed by atoms with E-state index in [1.165, 1.54) is 18.2 Å². The maximum Gasteiger partial charge on any atom is 0.311 e. The molecule has 11 nitrogen and oxygen atoms in total. The summed E-state index contributed by atoms with van der Waals surface area (Å²) in [5.74, 6) is -0.870.